The molecule has 0 fully saturated rings. The maximum Gasteiger partial charge on any atom is 0.407 e. The fourth-order valence-electron chi connectivity index (χ4n) is 1.40. The van der Waals surface area contributed by atoms with Crippen LogP contribution in [0, 0.1) is 10.1 Å². The Morgan fingerprint density at radius 2 is 2.28 bits per heavy atom. The van der Waals surface area contributed by atoms with Gasteiger partial charge in [-0.2, -0.15) is 0 Å². The summed E-state index contributed by atoms with van der Waals surface area (Å²) in [6.45, 7) is 4.00. The molecule has 0 heterocycles. The summed E-state index contributed by atoms with van der Waals surface area (Å²) in [5, 5.41) is 13.2. The van der Waals surface area contributed by atoms with Crippen molar-refractivity contribution in [3.63, 3.8) is 0 Å². The van der Waals surface area contributed by atoms with Crippen LogP contribution in [0.2, 0.25) is 0 Å². The Balaban J connectivity index is 2.66. The van der Waals surface area contributed by atoms with Crippen molar-refractivity contribution in [1.82, 2.24) is 5.32 Å². The number of nitro groups is 1. The van der Waals surface area contributed by atoms with E-state index in [4.69, 9.17) is 4.74 Å². The fraction of sp³-hybridized carbons (Fsp3) is 0.417. The molecule has 1 atom stereocenters. The lowest BCUT2D eigenvalue weighted by atomic mass is 10.1. The van der Waals surface area contributed by atoms with E-state index in [1.54, 1.807) is 19.1 Å². The second kappa shape index (κ2) is 6.58. The maximum atomic E-state index is 11.3. The number of benzene rings is 1. The summed E-state index contributed by atoms with van der Waals surface area (Å²) >= 11 is 0. The van der Waals surface area contributed by atoms with Crippen molar-refractivity contribution in [3.05, 3.63) is 39.9 Å². The van der Waals surface area contributed by atoms with Gasteiger partial charge in [0.25, 0.3) is 5.69 Å². The molecular weight excluding hydrogens is 236 g/mol. The Morgan fingerprint density at radius 1 is 1.56 bits per heavy atom. The molecule has 1 aromatic carbocycles. The molecule has 1 aromatic rings. The summed E-state index contributed by atoms with van der Waals surface area (Å²) in [5.41, 5.74) is 0.667. The average Bonchev–Trinajstić information content (AvgIpc) is 2.36. The lowest BCUT2D eigenvalue weighted by Crippen LogP contribution is -2.27. The highest BCUT2D eigenvalue weighted by Gasteiger charge is 2.13. The van der Waals surface area contributed by atoms with Gasteiger partial charge in [0.2, 0.25) is 0 Å². The smallest absolute Gasteiger partial charge is 0.407 e. The second-order valence-corrected chi connectivity index (χ2v) is 3.85. The molecule has 0 bridgehead atoms. The highest BCUT2D eigenvalue weighted by Crippen LogP contribution is 2.18. The summed E-state index contributed by atoms with van der Waals surface area (Å²) in [6.07, 6.45) is 0.231. The number of hydrogen-bond acceptors (Lipinski definition) is 4. The van der Waals surface area contributed by atoms with Crippen LogP contribution in [-0.4, -0.2) is 17.6 Å². The molecule has 6 heteroatoms. The second-order valence-electron chi connectivity index (χ2n) is 3.85. The number of amides is 1. The van der Waals surface area contributed by atoms with Crippen LogP contribution in [0.4, 0.5) is 10.5 Å². The first-order valence-corrected chi connectivity index (χ1v) is 5.72. The van der Waals surface area contributed by atoms with Crippen LogP contribution in [-0.2, 0) is 4.74 Å². The van der Waals surface area contributed by atoms with Crippen LogP contribution in [0.15, 0.2) is 24.3 Å². The predicted octanol–water partition coefficient (Wildman–Crippen LogP) is 2.79. The molecule has 1 unspecified atom stereocenters. The van der Waals surface area contributed by atoms with E-state index in [1.165, 1.54) is 12.1 Å². The van der Waals surface area contributed by atoms with Gasteiger partial charge < -0.3 is 10.1 Å². The molecule has 1 rings (SSSR count). The minimum absolute atomic E-state index is 0.00285. The third-order valence-electron chi connectivity index (χ3n) is 2.35. The summed E-state index contributed by atoms with van der Waals surface area (Å²) in [6, 6.07) is 5.81. The molecule has 98 valence electrons. The Labute approximate surface area is 105 Å². The Morgan fingerprint density at radius 3 is 2.89 bits per heavy atom. The number of nitro benzene ring substituents is 1. The molecule has 0 aromatic heterocycles. The van der Waals surface area contributed by atoms with E-state index in [9.17, 15) is 14.9 Å². The van der Waals surface area contributed by atoms with Crippen molar-refractivity contribution in [2.24, 2.45) is 0 Å². The highest BCUT2D eigenvalue weighted by molar-refractivity contribution is 5.67. The van der Waals surface area contributed by atoms with E-state index in [0.29, 0.717) is 12.2 Å². The van der Waals surface area contributed by atoms with Crippen LogP contribution in [0.5, 0.6) is 0 Å². The Hall–Kier alpha value is -2.11. The number of hydrogen-bond donors (Lipinski definition) is 1. The van der Waals surface area contributed by atoms with Crippen LogP contribution in [0.1, 0.15) is 31.9 Å². The van der Waals surface area contributed by atoms with Crippen LogP contribution in [0.3, 0.4) is 0 Å². The standard InChI is InChI=1S/C12H16N2O4/c1-3-7-18-12(15)13-9(2)10-5-4-6-11(8-10)14(16)17/h4-6,8-9H,3,7H2,1-2H3,(H,13,15). The van der Waals surface area contributed by atoms with Gasteiger partial charge in [-0.25, -0.2) is 4.79 Å². The van der Waals surface area contributed by atoms with E-state index in [-0.39, 0.29) is 11.7 Å². The van der Waals surface area contributed by atoms with Gasteiger partial charge in [0.1, 0.15) is 0 Å². The van der Waals surface area contributed by atoms with Gasteiger partial charge in [-0.3, -0.25) is 10.1 Å². The molecule has 0 aliphatic carbocycles. The quantitative estimate of drug-likeness (QED) is 0.645. The molecule has 0 saturated carbocycles. The molecular formula is C12H16N2O4. The Bertz CT molecular complexity index is 434. The van der Waals surface area contributed by atoms with E-state index in [2.05, 4.69) is 5.32 Å². The fourth-order valence-corrected chi connectivity index (χ4v) is 1.40. The van der Waals surface area contributed by atoms with Gasteiger partial charge in [0.05, 0.1) is 17.6 Å². The minimum Gasteiger partial charge on any atom is -0.450 e. The molecule has 0 aliphatic rings. The van der Waals surface area contributed by atoms with Gasteiger partial charge in [-0.05, 0) is 18.9 Å². The van der Waals surface area contributed by atoms with Crippen molar-refractivity contribution >= 4 is 11.8 Å². The van der Waals surface area contributed by atoms with Gasteiger partial charge in [-0.15, -0.1) is 0 Å². The van der Waals surface area contributed by atoms with E-state index >= 15 is 0 Å². The molecule has 1 N–H and O–H groups in total. The van der Waals surface area contributed by atoms with Gasteiger partial charge in [-0.1, -0.05) is 19.1 Å². The third-order valence-corrected chi connectivity index (χ3v) is 2.35. The average molecular weight is 252 g/mol. The van der Waals surface area contributed by atoms with Gasteiger partial charge in [0, 0.05) is 12.1 Å². The van der Waals surface area contributed by atoms with E-state index < -0.39 is 11.0 Å². The molecule has 1 amide bonds. The zero-order chi connectivity index (χ0) is 13.5. The number of alkyl carbamates (subject to hydrolysis) is 1. The topological polar surface area (TPSA) is 81.5 Å². The monoisotopic (exact) mass is 252 g/mol. The first-order valence-electron chi connectivity index (χ1n) is 5.72. The highest BCUT2D eigenvalue weighted by atomic mass is 16.6. The molecule has 18 heavy (non-hydrogen) atoms. The van der Waals surface area contributed by atoms with Crippen molar-refractivity contribution < 1.29 is 14.5 Å². The Kier molecular flexibility index (Phi) is 5.10. The summed E-state index contributed by atoms with van der Waals surface area (Å²) < 4.78 is 4.88. The molecule has 0 spiro atoms. The number of carbonyl (C=O) groups is 1. The number of rotatable bonds is 5. The number of nitrogens with zero attached hydrogens (tertiary/aromatic N) is 1. The van der Waals surface area contributed by atoms with E-state index in [1.807, 2.05) is 6.92 Å². The van der Waals surface area contributed by atoms with Crippen molar-refractivity contribution in [2.45, 2.75) is 26.3 Å². The summed E-state index contributed by atoms with van der Waals surface area (Å²) in [7, 11) is 0. The van der Waals surface area contributed by atoms with Crippen molar-refractivity contribution in [3.8, 4) is 0 Å². The SMILES string of the molecule is CCCOC(=O)NC(C)c1cccc([N+](=O)[O-])c1. The normalized spacial score (nSPS) is 11.7. The molecule has 0 saturated heterocycles. The lowest BCUT2D eigenvalue weighted by Gasteiger charge is -2.13. The third kappa shape index (κ3) is 4.04. The maximum absolute atomic E-state index is 11.3. The minimum atomic E-state index is -0.518. The van der Waals surface area contributed by atoms with Crippen molar-refractivity contribution in [1.29, 1.82) is 0 Å². The predicted molar refractivity (Wildman–Crippen MR) is 66.3 cm³/mol. The van der Waals surface area contributed by atoms with Gasteiger partial charge in [0.15, 0.2) is 0 Å². The van der Waals surface area contributed by atoms with Crippen molar-refractivity contribution in [2.75, 3.05) is 6.61 Å². The lowest BCUT2D eigenvalue weighted by molar-refractivity contribution is -0.384. The zero-order valence-corrected chi connectivity index (χ0v) is 10.4. The van der Waals surface area contributed by atoms with Gasteiger partial charge >= 0.3 is 6.09 Å². The number of carbonyl (C=O) groups excluding carboxylic acids is 1. The molecule has 0 radical (unpaired) electrons. The van der Waals surface area contributed by atoms with E-state index in [0.717, 1.165) is 6.42 Å². The number of non-ortho nitro benzene ring substituents is 1. The first-order chi connectivity index (χ1) is 8.54. The summed E-state index contributed by atoms with van der Waals surface area (Å²) in [5.74, 6) is 0. The number of ether oxygens (including phenoxy) is 1. The van der Waals surface area contributed by atoms with Crippen LogP contribution in [0.25, 0.3) is 0 Å². The first kappa shape index (κ1) is 14.0. The largest absolute Gasteiger partial charge is 0.450 e. The summed E-state index contributed by atoms with van der Waals surface area (Å²) in [4.78, 5) is 21.5. The zero-order valence-electron chi connectivity index (χ0n) is 10.4. The molecule has 0 aliphatic heterocycles. The molecule has 6 nitrogen and oxygen atoms in total. The van der Waals surface area contributed by atoms with Crippen LogP contribution >= 0.6 is 0 Å². The number of nitrogens with one attached hydrogen (secondary N) is 1. The van der Waals surface area contributed by atoms with Crippen LogP contribution < -0.4 is 5.32 Å².